The van der Waals surface area contributed by atoms with Gasteiger partial charge in [-0.3, -0.25) is 0 Å². The Bertz CT molecular complexity index is 200. The molecule has 0 aromatic carbocycles. The first-order valence-corrected chi connectivity index (χ1v) is 6.14. The molecule has 5 heteroatoms. The molecular formula is C5H11NO2S2. The Morgan fingerprint density at radius 3 is 2.70 bits per heavy atom. The molecular weight excluding hydrogens is 170 g/mol. The predicted molar refractivity (Wildman–Crippen MR) is 43.5 cm³/mol. The monoisotopic (exact) mass is 181 g/mol. The van der Waals surface area contributed by atoms with E-state index >= 15 is 0 Å². The van der Waals surface area contributed by atoms with Crippen molar-refractivity contribution in [3.8, 4) is 0 Å². The van der Waals surface area contributed by atoms with Crippen LogP contribution in [0.4, 0.5) is 0 Å². The quantitative estimate of drug-likeness (QED) is 0.616. The fourth-order valence-corrected chi connectivity index (χ4v) is 3.52. The fraction of sp³-hybridized carbons (Fsp3) is 1.00. The van der Waals surface area contributed by atoms with Crippen LogP contribution >= 0.6 is 11.8 Å². The topological polar surface area (TPSA) is 37.4 Å². The van der Waals surface area contributed by atoms with Gasteiger partial charge < -0.3 is 0 Å². The van der Waals surface area contributed by atoms with Crippen molar-refractivity contribution < 1.29 is 8.42 Å². The van der Waals surface area contributed by atoms with E-state index in [9.17, 15) is 8.42 Å². The second-order valence-corrected chi connectivity index (χ2v) is 5.19. The number of hydrogen-bond donors (Lipinski definition) is 0. The molecule has 1 heterocycles. The van der Waals surface area contributed by atoms with Crippen molar-refractivity contribution in [2.75, 3.05) is 24.4 Å². The zero-order chi connectivity index (χ0) is 7.61. The van der Waals surface area contributed by atoms with Crippen LogP contribution in [0.3, 0.4) is 0 Å². The minimum Gasteiger partial charge on any atom is -0.212 e. The molecule has 0 aromatic rings. The van der Waals surface area contributed by atoms with E-state index < -0.39 is 10.0 Å². The standard InChI is InChI=1S/C5H11NO2S2/c1-9-5-6-3-2-4-10(6,7)8/h2-5H2,1H3. The third-order valence-electron chi connectivity index (χ3n) is 1.48. The van der Waals surface area contributed by atoms with E-state index in [2.05, 4.69) is 0 Å². The first-order chi connectivity index (χ1) is 4.67. The van der Waals surface area contributed by atoms with Crippen molar-refractivity contribution in [3.05, 3.63) is 0 Å². The van der Waals surface area contributed by atoms with E-state index in [4.69, 9.17) is 0 Å². The van der Waals surface area contributed by atoms with Crippen LogP contribution in [0.25, 0.3) is 0 Å². The number of thioether (sulfide) groups is 1. The van der Waals surface area contributed by atoms with Crippen molar-refractivity contribution in [1.29, 1.82) is 0 Å². The summed E-state index contributed by atoms with van der Waals surface area (Å²) in [6.07, 6.45) is 2.71. The van der Waals surface area contributed by atoms with Crippen LogP contribution < -0.4 is 0 Å². The number of nitrogens with zero attached hydrogens (tertiary/aromatic N) is 1. The summed E-state index contributed by atoms with van der Waals surface area (Å²) >= 11 is 1.55. The van der Waals surface area contributed by atoms with Gasteiger partial charge >= 0.3 is 0 Å². The molecule has 10 heavy (non-hydrogen) atoms. The summed E-state index contributed by atoms with van der Waals surface area (Å²) in [5.74, 6) is 0.954. The normalized spacial score (nSPS) is 25.3. The highest BCUT2D eigenvalue weighted by atomic mass is 32.2. The molecule has 0 radical (unpaired) electrons. The first-order valence-electron chi connectivity index (χ1n) is 3.13. The molecule has 60 valence electrons. The number of sulfonamides is 1. The molecule has 0 bridgehead atoms. The van der Waals surface area contributed by atoms with Crippen LogP contribution in [0.5, 0.6) is 0 Å². The predicted octanol–water partition coefficient (Wildman–Crippen LogP) is 0.342. The van der Waals surface area contributed by atoms with Gasteiger partial charge in [-0.25, -0.2) is 8.42 Å². The van der Waals surface area contributed by atoms with E-state index in [-0.39, 0.29) is 0 Å². The lowest BCUT2D eigenvalue weighted by atomic mass is 10.5. The Labute approximate surface area is 65.8 Å². The Morgan fingerprint density at radius 1 is 1.60 bits per heavy atom. The van der Waals surface area contributed by atoms with Crippen molar-refractivity contribution in [1.82, 2.24) is 4.31 Å². The molecule has 0 aliphatic carbocycles. The smallest absolute Gasteiger partial charge is 0.212 e. The lowest BCUT2D eigenvalue weighted by molar-refractivity contribution is 0.496. The Hall–Kier alpha value is 0.260. The minimum absolute atomic E-state index is 0.341. The van der Waals surface area contributed by atoms with Crippen molar-refractivity contribution >= 4 is 21.8 Å². The molecule has 0 N–H and O–H groups in total. The molecule has 0 aromatic heterocycles. The van der Waals surface area contributed by atoms with Crippen LogP contribution in [-0.4, -0.2) is 37.2 Å². The summed E-state index contributed by atoms with van der Waals surface area (Å²) in [5.41, 5.74) is 0. The molecule has 1 aliphatic rings. The minimum atomic E-state index is -2.84. The maximum absolute atomic E-state index is 11.1. The largest absolute Gasteiger partial charge is 0.214 e. The SMILES string of the molecule is CSCN1CCCS1(=O)=O. The molecule has 0 spiro atoms. The molecule has 1 aliphatic heterocycles. The maximum atomic E-state index is 11.1. The van der Waals surface area contributed by atoms with E-state index in [0.29, 0.717) is 18.2 Å². The van der Waals surface area contributed by atoms with Crippen LogP contribution in [0.1, 0.15) is 6.42 Å². The second-order valence-electron chi connectivity index (χ2n) is 2.26. The second kappa shape index (κ2) is 3.11. The number of rotatable bonds is 2. The highest BCUT2D eigenvalue weighted by Crippen LogP contribution is 2.15. The zero-order valence-corrected chi connectivity index (χ0v) is 7.54. The van der Waals surface area contributed by atoms with Gasteiger partial charge in [0.15, 0.2) is 0 Å². The Kier molecular flexibility index (Phi) is 2.60. The van der Waals surface area contributed by atoms with Crippen LogP contribution in [0.15, 0.2) is 0 Å². The van der Waals surface area contributed by atoms with Crippen molar-refractivity contribution in [2.24, 2.45) is 0 Å². The summed E-state index contributed by atoms with van der Waals surface area (Å²) in [6.45, 7) is 0.711. The van der Waals surface area contributed by atoms with Crippen molar-refractivity contribution in [2.45, 2.75) is 6.42 Å². The van der Waals surface area contributed by atoms with E-state index in [1.54, 1.807) is 11.8 Å². The van der Waals surface area contributed by atoms with Gasteiger partial charge in [-0.15, -0.1) is 11.8 Å². The van der Waals surface area contributed by atoms with E-state index in [1.165, 1.54) is 4.31 Å². The maximum Gasteiger partial charge on any atom is 0.214 e. The van der Waals surface area contributed by atoms with E-state index in [1.807, 2.05) is 6.26 Å². The van der Waals surface area contributed by atoms with Gasteiger partial charge in [0, 0.05) is 6.54 Å². The zero-order valence-electron chi connectivity index (χ0n) is 5.91. The Balaban J connectivity index is 2.60. The average molecular weight is 181 g/mol. The lowest BCUT2D eigenvalue weighted by Crippen LogP contribution is -2.24. The van der Waals surface area contributed by atoms with Gasteiger partial charge in [-0.05, 0) is 12.7 Å². The summed E-state index contributed by atoms with van der Waals surface area (Å²) in [5, 5.41) is 0. The lowest BCUT2D eigenvalue weighted by Gasteiger charge is -2.10. The third kappa shape index (κ3) is 1.65. The molecule has 0 saturated carbocycles. The van der Waals surface area contributed by atoms with Crippen LogP contribution in [0, 0.1) is 0 Å². The summed E-state index contributed by atoms with van der Waals surface area (Å²) < 4.78 is 23.7. The summed E-state index contributed by atoms with van der Waals surface area (Å²) in [6, 6.07) is 0. The highest BCUT2D eigenvalue weighted by molar-refractivity contribution is 7.99. The average Bonchev–Trinajstić information content (AvgIpc) is 2.13. The first kappa shape index (κ1) is 8.36. The molecule has 0 amide bonds. The van der Waals surface area contributed by atoms with Gasteiger partial charge in [0.25, 0.3) is 0 Å². The fourth-order valence-electron chi connectivity index (χ4n) is 0.980. The van der Waals surface area contributed by atoms with Gasteiger partial charge in [-0.2, -0.15) is 4.31 Å². The van der Waals surface area contributed by atoms with Gasteiger partial charge in [0.05, 0.1) is 11.6 Å². The number of hydrogen-bond acceptors (Lipinski definition) is 3. The van der Waals surface area contributed by atoms with Crippen LogP contribution in [-0.2, 0) is 10.0 Å². The molecule has 1 rings (SSSR count). The van der Waals surface area contributed by atoms with Crippen molar-refractivity contribution in [3.63, 3.8) is 0 Å². The van der Waals surface area contributed by atoms with Gasteiger partial charge in [0.2, 0.25) is 10.0 Å². The van der Waals surface area contributed by atoms with Gasteiger partial charge in [0.1, 0.15) is 0 Å². The Morgan fingerprint density at radius 2 is 2.30 bits per heavy atom. The molecule has 0 unspecified atom stereocenters. The molecule has 3 nitrogen and oxygen atoms in total. The summed E-state index contributed by atoms with van der Waals surface area (Å²) in [4.78, 5) is 0. The van der Waals surface area contributed by atoms with Crippen LogP contribution in [0.2, 0.25) is 0 Å². The van der Waals surface area contributed by atoms with Gasteiger partial charge in [-0.1, -0.05) is 0 Å². The third-order valence-corrected chi connectivity index (χ3v) is 4.11. The summed E-state index contributed by atoms with van der Waals surface area (Å²) in [7, 11) is -2.84. The highest BCUT2D eigenvalue weighted by Gasteiger charge is 2.26. The molecule has 1 saturated heterocycles. The van der Waals surface area contributed by atoms with E-state index in [0.717, 1.165) is 6.42 Å². The molecule has 0 atom stereocenters. The molecule has 1 fully saturated rings.